The van der Waals surface area contributed by atoms with Gasteiger partial charge in [0.25, 0.3) is 5.91 Å². The van der Waals surface area contributed by atoms with Gasteiger partial charge in [-0.05, 0) is 30.7 Å². The van der Waals surface area contributed by atoms with Crippen molar-refractivity contribution in [3.05, 3.63) is 36.3 Å². The van der Waals surface area contributed by atoms with Crippen molar-refractivity contribution in [2.75, 3.05) is 30.3 Å². The van der Waals surface area contributed by atoms with Crippen molar-refractivity contribution in [1.29, 1.82) is 0 Å². The Hall–Kier alpha value is -2.68. The third-order valence-electron chi connectivity index (χ3n) is 4.69. The molecule has 0 atom stereocenters. The van der Waals surface area contributed by atoms with E-state index in [2.05, 4.69) is 27.2 Å². The van der Waals surface area contributed by atoms with Gasteiger partial charge in [0.1, 0.15) is 5.82 Å². The lowest BCUT2D eigenvalue weighted by Crippen LogP contribution is -2.27. The standard InChI is InChI=1S/C19H23N7OS/c1-2-28-19-23-16(25-10-3-4-11-25)15-13-22-26(17(15)24-19)12-9-21-18(27)14-5-7-20-8-6-14/h5-8,13H,2-4,9-12H2,1H3,(H,21,27). The fraction of sp³-hybridized carbons (Fsp3) is 0.421. The lowest BCUT2D eigenvalue weighted by atomic mass is 10.2. The minimum atomic E-state index is -0.117. The van der Waals surface area contributed by atoms with Gasteiger partial charge in [0, 0.05) is 37.6 Å². The van der Waals surface area contributed by atoms with Crippen molar-refractivity contribution in [3.8, 4) is 0 Å². The minimum Gasteiger partial charge on any atom is -0.356 e. The maximum absolute atomic E-state index is 12.2. The molecule has 3 aromatic heterocycles. The molecule has 4 rings (SSSR count). The summed E-state index contributed by atoms with van der Waals surface area (Å²) in [5.74, 6) is 1.78. The molecule has 0 saturated carbocycles. The summed E-state index contributed by atoms with van der Waals surface area (Å²) in [6.07, 6.45) is 7.45. The number of thioether (sulfide) groups is 1. The number of hydrogen-bond acceptors (Lipinski definition) is 7. The van der Waals surface area contributed by atoms with Crippen LogP contribution in [0.4, 0.5) is 5.82 Å². The van der Waals surface area contributed by atoms with Crippen LogP contribution in [-0.4, -0.2) is 56.0 Å². The monoisotopic (exact) mass is 397 g/mol. The molecule has 146 valence electrons. The number of fused-ring (bicyclic) bond motifs is 1. The maximum Gasteiger partial charge on any atom is 0.251 e. The molecule has 4 heterocycles. The Morgan fingerprint density at radius 3 is 2.75 bits per heavy atom. The number of nitrogens with zero attached hydrogens (tertiary/aromatic N) is 6. The molecule has 28 heavy (non-hydrogen) atoms. The molecule has 9 heteroatoms. The van der Waals surface area contributed by atoms with Crippen LogP contribution in [0.2, 0.25) is 0 Å². The van der Waals surface area contributed by atoms with Gasteiger partial charge in [0.05, 0.1) is 18.1 Å². The first-order chi connectivity index (χ1) is 13.8. The van der Waals surface area contributed by atoms with Gasteiger partial charge in [0.2, 0.25) is 0 Å². The zero-order valence-electron chi connectivity index (χ0n) is 15.8. The summed E-state index contributed by atoms with van der Waals surface area (Å²) in [6, 6.07) is 3.39. The lowest BCUT2D eigenvalue weighted by molar-refractivity contribution is 0.0952. The second kappa shape index (κ2) is 8.55. The van der Waals surface area contributed by atoms with Gasteiger partial charge in [-0.25, -0.2) is 14.6 Å². The summed E-state index contributed by atoms with van der Waals surface area (Å²) >= 11 is 1.64. The van der Waals surface area contributed by atoms with Gasteiger partial charge >= 0.3 is 0 Å². The summed E-state index contributed by atoms with van der Waals surface area (Å²) in [4.78, 5) is 28.0. The number of hydrogen-bond donors (Lipinski definition) is 1. The van der Waals surface area contributed by atoms with Crippen molar-refractivity contribution in [2.45, 2.75) is 31.5 Å². The number of carbonyl (C=O) groups is 1. The van der Waals surface area contributed by atoms with Gasteiger partial charge in [-0.2, -0.15) is 5.10 Å². The summed E-state index contributed by atoms with van der Waals surface area (Å²) in [5.41, 5.74) is 1.42. The Bertz CT molecular complexity index is 954. The summed E-state index contributed by atoms with van der Waals surface area (Å²) in [5, 5.41) is 9.19. The van der Waals surface area contributed by atoms with Gasteiger partial charge < -0.3 is 10.2 Å². The molecule has 1 amide bonds. The second-order valence-corrected chi connectivity index (χ2v) is 7.78. The van der Waals surface area contributed by atoms with Crippen molar-refractivity contribution in [1.82, 2.24) is 30.0 Å². The number of rotatable bonds is 7. The Balaban J connectivity index is 1.53. The van der Waals surface area contributed by atoms with Crippen LogP contribution in [0, 0.1) is 0 Å². The van der Waals surface area contributed by atoms with Crippen LogP contribution in [0.15, 0.2) is 35.9 Å². The smallest absolute Gasteiger partial charge is 0.251 e. The molecule has 0 radical (unpaired) electrons. The largest absolute Gasteiger partial charge is 0.356 e. The van der Waals surface area contributed by atoms with Crippen LogP contribution in [0.3, 0.4) is 0 Å². The van der Waals surface area contributed by atoms with E-state index in [-0.39, 0.29) is 5.91 Å². The maximum atomic E-state index is 12.2. The van der Waals surface area contributed by atoms with Crippen LogP contribution in [0.25, 0.3) is 11.0 Å². The van der Waals surface area contributed by atoms with E-state index in [4.69, 9.17) is 9.97 Å². The van der Waals surface area contributed by atoms with Crippen molar-refractivity contribution in [2.24, 2.45) is 0 Å². The van der Waals surface area contributed by atoms with Crippen LogP contribution in [0.5, 0.6) is 0 Å². The zero-order chi connectivity index (χ0) is 19.3. The van der Waals surface area contributed by atoms with E-state index in [9.17, 15) is 4.79 Å². The van der Waals surface area contributed by atoms with Crippen LogP contribution < -0.4 is 10.2 Å². The number of pyridine rings is 1. The SMILES string of the molecule is CCSc1nc(N2CCCC2)c2cnn(CCNC(=O)c3ccncc3)c2n1. The average Bonchev–Trinajstić information content (AvgIpc) is 3.39. The van der Waals surface area contributed by atoms with Crippen molar-refractivity contribution in [3.63, 3.8) is 0 Å². The fourth-order valence-corrected chi connectivity index (χ4v) is 3.89. The van der Waals surface area contributed by atoms with E-state index >= 15 is 0 Å². The molecule has 0 aromatic carbocycles. The third-order valence-corrected chi connectivity index (χ3v) is 5.42. The summed E-state index contributed by atoms with van der Waals surface area (Å²) in [7, 11) is 0. The molecular weight excluding hydrogens is 374 g/mol. The Kier molecular flexibility index (Phi) is 5.70. The Labute approximate surface area is 167 Å². The van der Waals surface area contributed by atoms with Crippen LogP contribution in [-0.2, 0) is 6.54 Å². The van der Waals surface area contributed by atoms with Crippen molar-refractivity contribution < 1.29 is 4.79 Å². The van der Waals surface area contributed by atoms with Gasteiger partial charge in [-0.15, -0.1) is 0 Å². The van der Waals surface area contributed by atoms with E-state index in [1.54, 1.807) is 36.3 Å². The van der Waals surface area contributed by atoms with Gasteiger partial charge in [0.15, 0.2) is 10.8 Å². The van der Waals surface area contributed by atoms with E-state index in [0.29, 0.717) is 18.7 Å². The molecule has 0 unspecified atom stereocenters. The van der Waals surface area contributed by atoms with E-state index < -0.39 is 0 Å². The predicted molar refractivity (Wildman–Crippen MR) is 110 cm³/mol. The third kappa shape index (κ3) is 3.94. The quantitative estimate of drug-likeness (QED) is 0.483. The Morgan fingerprint density at radius 2 is 2.00 bits per heavy atom. The molecule has 1 N–H and O–H groups in total. The number of aromatic nitrogens is 5. The molecule has 1 aliphatic rings. The molecule has 1 aliphatic heterocycles. The average molecular weight is 398 g/mol. The summed E-state index contributed by atoms with van der Waals surface area (Å²) < 4.78 is 1.85. The molecule has 0 aliphatic carbocycles. The van der Waals surface area contributed by atoms with Gasteiger partial charge in [-0.1, -0.05) is 18.7 Å². The molecule has 1 fully saturated rings. The number of anilines is 1. The first kappa shape index (κ1) is 18.7. The number of amides is 1. The molecule has 0 spiro atoms. The molecule has 0 bridgehead atoms. The van der Waals surface area contributed by atoms with E-state index in [1.165, 1.54) is 12.8 Å². The highest BCUT2D eigenvalue weighted by molar-refractivity contribution is 7.99. The number of carbonyl (C=O) groups excluding carboxylic acids is 1. The minimum absolute atomic E-state index is 0.117. The molecule has 1 saturated heterocycles. The van der Waals surface area contributed by atoms with E-state index in [0.717, 1.165) is 40.9 Å². The zero-order valence-corrected chi connectivity index (χ0v) is 16.7. The Morgan fingerprint density at radius 1 is 1.21 bits per heavy atom. The van der Waals surface area contributed by atoms with Gasteiger partial charge in [-0.3, -0.25) is 9.78 Å². The lowest BCUT2D eigenvalue weighted by Gasteiger charge is -2.17. The molecule has 3 aromatic rings. The van der Waals surface area contributed by atoms with E-state index in [1.807, 2.05) is 10.9 Å². The molecular formula is C19H23N7OS. The normalized spacial score (nSPS) is 14.0. The molecule has 8 nitrogen and oxygen atoms in total. The fourth-order valence-electron chi connectivity index (χ4n) is 3.33. The highest BCUT2D eigenvalue weighted by Crippen LogP contribution is 2.29. The topological polar surface area (TPSA) is 88.8 Å². The highest BCUT2D eigenvalue weighted by atomic mass is 32.2. The first-order valence-electron chi connectivity index (χ1n) is 9.56. The predicted octanol–water partition coefficient (Wildman–Crippen LogP) is 2.36. The number of nitrogens with one attached hydrogen (secondary N) is 1. The van der Waals surface area contributed by atoms with Crippen LogP contribution in [0.1, 0.15) is 30.1 Å². The highest BCUT2D eigenvalue weighted by Gasteiger charge is 2.20. The first-order valence-corrected chi connectivity index (χ1v) is 10.5. The van der Waals surface area contributed by atoms with Crippen LogP contribution >= 0.6 is 11.8 Å². The second-order valence-electron chi connectivity index (χ2n) is 6.55. The van der Waals surface area contributed by atoms with Crippen molar-refractivity contribution >= 4 is 34.5 Å². The summed E-state index contributed by atoms with van der Waals surface area (Å²) in [6.45, 7) is 5.16.